The van der Waals surface area contributed by atoms with Crippen LogP contribution in [0.15, 0.2) is 0 Å². The number of carboxylic acids is 1. The van der Waals surface area contributed by atoms with Crippen LogP contribution in [0.5, 0.6) is 0 Å². The van der Waals surface area contributed by atoms with E-state index in [-0.39, 0.29) is 6.03 Å². The maximum absolute atomic E-state index is 12.0. The first-order valence-electron chi connectivity index (χ1n) is 5.70. The summed E-state index contributed by atoms with van der Waals surface area (Å²) in [5.41, 5.74) is 0. The predicted molar refractivity (Wildman–Crippen MR) is 62.4 cm³/mol. The van der Waals surface area contributed by atoms with Gasteiger partial charge in [-0.05, 0) is 19.8 Å². The summed E-state index contributed by atoms with van der Waals surface area (Å²) < 4.78 is 0. The van der Waals surface area contributed by atoms with Crippen LogP contribution >= 0.6 is 0 Å². The Hall–Kier alpha value is -1.26. The van der Waals surface area contributed by atoms with E-state index in [4.69, 9.17) is 5.11 Å². The standard InChI is InChI=1S/C11H22N2O3/c1-5-7-13(8-6-2)11(16)12(4)9(3)10(14)15/h9H,5-8H2,1-4H3,(H,14,15). The molecule has 0 heterocycles. The molecule has 0 spiro atoms. The molecule has 1 unspecified atom stereocenters. The number of carbonyl (C=O) groups is 2. The van der Waals surface area contributed by atoms with Gasteiger partial charge in [0.2, 0.25) is 0 Å². The minimum Gasteiger partial charge on any atom is -0.480 e. The number of hydrogen-bond donors (Lipinski definition) is 1. The molecule has 0 radical (unpaired) electrons. The van der Waals surface area contributed by atoms with Gasteiger partial charge in [-0.1, -0.05) is 13.8 Å². The number of carboxylic acid groups (broad SMARTS) is 1. The highest BCUT2D eigenvalue weighted by atomic mass is 16.4. The van der Waals surface area contributed by atoms with Crippen molar-refractivity contribution in [2.45, 2.75) is 39.7 Å². The number of urea groups is 1. The second kappa shape index (κ2) is 7.09. The zero-order valence-electron chi connectivity index (χ0n) is 10.6. The van der Waals surface area contributed by atoms with Crippen molar-refractivity contribution in [2.75, 3.05) is 20.1 Å². The first kappa shape index (κ1) is 14.7. The molecule has 1 N–H and O–H groups in total. The van der Waals surface area contributed by atoms with Gasteiger partial charge < -0.3 is 14.9 Å². The van der Waals surface area contributed by atoms with E-state index in [2.05, 4.69) is 0 Å². The molecular weight excluding hydrogens is 208 g/mol. The minimum atomic E-state index is -0.983. The largest absolute Gasteiger partial charge is 0.480 e. The summed E-state index contributed by atoms with van der Waals surface area (Å²) in [4.78, 5) is 25.7. The highest BCUT2D eigenvalue weighted by Gasteiger charge is 2.24. The van der Waals surface area contributed by atoms with E-state index in [0.29, 0.717) is 13.1 Å². The van der Waals surface area contributed by atoms with Crippen molar-refractivity contribution in [1.82, 2.24) is 9.80 Å². The van der Waals surface area contributed by atoms with E-state index >= 15 is 0 Å². The molecule has 0 rings (SSSR count). The zero-order chi connectivity index (χ0) is 12.7. The van der Waals surface area contributed by atoms with Gasteiger partial charge >= 0.3 is 12.0 Å². The fourth-order valence-electron chi connectivity index (χ4n) is 1.40. The number of likely N-dealkylation sites (N-methyl/N-ethyl adjacent to an activating group) is 1. The Labute approximate surface area is 97.0 Å². The van der Waals surface area contributed by atoms with E-state index < -0.39 is 12.0 Å². The van der Waals surface area contributed by atoms with Crippen LogP contribution in [0.3, 0.4) is 0 Å². The molecule has 0 aromatic carbocycles. The van der Waals surface area contributed by atoms with Crippen LogP contribution in [0, 0.1) is 0 Å². The monoisotopic (exact) mass is 230 g/mol. The molecule has 0 aliphatic heterocycles. The topological polar surface area (TPSA) is 60.9 Å². The lowest BCUT2D eigenvalue weighted by Gasteiger charge is -2.29. The van der Waals surface area contributed by atoms with Crippen molar-refractivity contribution in [3.63, 3.8) is 0 Å². The van der Waals surface area contributed by atoms with E-state index in [1.54, 1.807) is 4.90 Å². The van der Waals surface area contributed by atoms with Crippen molar-refractivity contribution in [1.29, 1.82) is 0 Å². The maximum atomic E-state index is 12.0. The van der Waals surface area contributed by atoms with Gasteiger partial charge in [-0.25, -0.2) is 9.59 Å². The van der Waals surface area contributed by atoms with Crippen LogP contribution in [0.4, 0.5) is 4.79 Å². The number of rotatable bonds is 6. The van der Waals surface area contributed by atoms with Gasteiger partial charge in [0, 0.05) is 20.1 Å². The van der Waals surface area contributed by atoms with Gasteiger partial charge in [0.1, 0.15) is 6.04 Å². The van der Waals surface area contributed by atoms with Gasteiger partial charge in [0.05, 0.1) is 0 Å². The molecule has 5 nitrogen and oxygen atoms in total. The van der Waals surface area contributed by atoms with Crippen LogP contribution in [0.2, 0.25) is 0 Å². The Bertz CT molecular complexity index is 237. The van der Waals surface area contributed by atoms with Crippen LogP contribution in [-0.4, -0.2) is 53.1 Å². The van der Waals surface area contributed by atoms with E-state index in [1.807, 2.05) is 13.8 Å². The number of hydrogen-bond acceptors (Lipinski definition) is 2. The van der Waals surface area contributed by atoms with Crippen molar-refractivity contribution in [3.8, 4) is 0 Å². The fraction of sp³-hybridized carbons (Fsp3) is 0.818. The van der Waals surface area contributed by atoms with Crippen LogP contribution in [0.25, 0.3) is 0 Å². The first-order chi connectivity index (χ1) is 7.45. The smallest absolute Gasteiger partial charge is 0.326 e. The van der Waals surface area contributed by atoms with Crippen LogP contribution in [-0.2, 0) is 4.79 Å². The molecular formula is C11H22N2O3. The van der Waals surface area contributed by atoms with Gasteiger partial charge in [0.25, 0.3) is 0 Å². The second-order valence-corrected chi connectivity index (χ2v) is 3.89. The average molecular weight is 230 g/mol. The van der Waals surface area contributed by atoms with Gasteiger partial charge in [-0.15, -0.1) is 0 Å². The van der Waals surface area contributed by atoms with Gasteiger partial charge in [0.15, 0.2) is 0 Å². The lowest BCUT2D eigenvalue weighted by Crippen LogP contribution is -2.48. The number of amides is 2. The summed E-state index contributed by atoms with van der Waals surface area (Å²) >= 11 is 0. The van der Waals surface area contributed by atoms with Gasteiger partial charge in [-0.2, -0.15) is 0 Å². The van der Waals surface area contributed by atoms with Crippen molar-refractivity contribution < 1.29 is 14.7 Å². The molecule has 0 bridgehead atoms. The van der Waals surface area contributed by atoms with Crippen LogP contribution in [0.1, 0.15) is 33.6 Å². The number of aliphatic carboxylic acids is 1. The highest BCUT2D eigenvalue weighted by Crippen LogP contribution is 2.04. The summed E-state index contributed by atoms with van der Waals surface area (Å²) in [7, 11) is 1.53. The number of carbonyl (C=O) groups excluding carboxylic acids is 1. The Morgan fingerprint density at radius 1 is 1.19 bits per heavy atom. The molecule has 0 fully saturated rings. The summed E-state index contributed by atoms with van der Waals surface area (Å²) in [6.07, 6.45) is 1.75. The molecule has 94 valence electrons. The molecule has 0 aliphatic rings. The summed E-state index contributed by atoms with van der Waals surface area (Å²) in [5, 5.41) is 8.83. The highest BCUT2D eigenvalue weighted by molar-refractivity contribution is 5.82. The molecule has 2 amide bonds. The Morgan fingerprint density at radius 3 is 1.94 bits per heavy atom. The Balaban J connectivity index is 4.52. The molecule has 16 heavy (non-hydrogen) atoms. The fourth-order valence-corrected chi connectivity index (χ4v) is 1.40. The Morgan fingerprint density at radius 2 is 1.62 bits per heavy atom. The molecule has 0 aliphatic carbocycles. The second-order valence-electron chi connectivity index (χ2n) is 3.89. The van der Waals surface area contributed by atoms with Crippen molar-refractivity contribution in [3.05, 3.63) is 0 Å². The first-order valence-corrected chi connectivity index (χ1v) is 5.70. The lowest BCUT2D eigenvalue weighted by molar-refractivity contribution is -0.141. The van der Waals surface area contributed by atoms with Crippen molar-refractivity contribution in [2.24, 2.45) is 0 Å². The molecule has 0 saturated heterocycles. The normalized spacial score (nSPS) is 12.0. The molecule has 1 atom stereocenters. The molecule has 0 aromatic heterocycles. The average Bonchev–Trinajstić information content (AvgIpc) is 2.25. The third-order valence-electron chi connectivity index (χ3n) is 2.50. The predicted octanol–water partition coefficient (Wildman–Crippen LogP) is 1.63. The summed E-state index contributed by atoms with van der Waals surface area (Å²) in [6.45, 7) is 6.84. The zero-order valence-corrected chi connectivity index (χ0v) is 10.6. The SMILES string of the molecule is CCCN(CCC)C(=O)N(C)C(C)C(=O)O. The summed E-state index contributed by atoms with van der Waals surface area (Å²) in [6, 6.07) is -0.998. The van der Waals surface area contributed by atoms with E-state index in [1.165, 1.54) is 18.9 Å². The van der Waals surface area contributed by atoms with Crippen LogP contribution < -0.4 is 0 Å². The van der Waals surface area contributed by atoms with E-state index in [9.17, 15) is 9.59 Å². The Kier molecular flexibility index (Phi) is 6.53. The summed E-state index contributed by atoms with van der Waals surface area (Å²) in [5.74, 6) is -0.983. The quantitative estimate of drug-likeness (QED) is 0.754. The van der Waals surface area contributed by atoms with E-state index in [0.717, 1.165) is 12.8 Å². The third kappa shape index (κ3) is 4.08. The third-order valence-corrected chi connectivity index (χ3v) is 2.50. The lowest BCUT2D eigenvalue weighted by atomic mass is 10.3. The molecule has 0 aromatic rings. The van der Waals surface area contributed by atoms with Crippen molar-refractivity contribution >= 4 is 12.0 Å². The maximum Gasteiger partial charge on any atom is 0.326 e. The molecule has 0 saturated carbocycles. The molecule has 5 heteroatoms. The minimum absolute atomic E-state index is 0.210. The van der Waals surface area contributed by atoms with Gasteiger partial charge in [-0.3, -0.25) is 0 Å². The number of nitrogens with zero attached hydrogens (tertiary/aromatic N) is 2.